The van der Waals surface area contributed by atoms with Gasteiger partial charge in [0, 0.05) is 30.8 Å². The summed E-state index contributed by atoms with van der Waals surface area (Å²) < 4.78 is 22.6. The maximum Gasteiger partial charge on any atom is 0.191 e. The number of hydrogen-bond acceptors (Lipinski definition) is 8. The van der Waals surface area contributed by atoms with Gasteiger partial charge >= 0.3 is 0 Å². The normalized spacial score (nSPS) is 21.0. The SMILES string of the molecule is COc1ccccc1N1CCN(CCCOc2c(OC)ccc3c2COC(C)C3=O)C(O)C1. The molecule has 33 heavy (non-hydrogen) atoms. The summed E-state index contributed by atoms with van der Waals surface area (Å²) in [7, 11) is 3.24. The minimum Gasteiger partial charge on any atom is -0.495 e. The molecule has 8 heteroatoms. The lowest BCUT2D eigenvalue weighted by atomic mass is 9.97. The number of para-hydroxylation sites is 2. The van der Waals surface area contributed by atoms with Crippen molar-refractivity contribution in [2.24, 2.45) is 0 Å². The molecule has 178 valence electrons. The smallest absolute Gasteiger partial charge is 0.191 e. The second-order valence-corrected chi connectivity index (χ2v) is 8.28. The fourth-order valence-corrected chi connectivity index (χ4v) is 4.42. The van der Waals surface area contributed by atoms with Gasteiger partial charge in [-0.25, -0.2) is 0 Å². The molecule has 1 N–H and O–H groups in total. The number of methoxy groups -OCH3 is 2. The van der Waals surface area contributed by atoms with Crippen molar-refractivity contribution < 1.29 is 28.8 Å². The van der Waals surface area contributed by atoms with Gasteiger partial charge in [-0.1, -0.05) is 12.1 Å². The van der Waals surface area contributed by atoms with Crippen molar-refractivity contribution in [1.82, 2.24) is 4.90 Å². The van der Waals surface area contributed by atoms with Crippen LogP contribution in [0.5, 0.6) is 17.2 Å². The summed E-state index contributed by atoms with van der Waals surface area (Å²) in [6, 6.07) is 11.4. The molecule has 2 atom stereocenters. The molecule has 0 amide bonds. The molecule has 8 nitrogen and oxygen atoms in total. The van der Waals surface area contributed by atoms with Crippen molar-refractivity contribution in [3.8, 4) is 17.2 Å². The second kappa shape index (κ2) is 10.4. The van der Waals surface area contributed by atoms with E-state index in [4.69, 9.17) is 18.9 Å². The molecule has 0 saturated carbocycles. The van der Waals surface area contributed by atoms with Gasteiger partial charge in [-0.3, -0.25) is 9.69 Å². The summed E-state index contributed by atoms with van der Waals surface area (Å²) in [6.45, 7) is 5.27. The molecule has 0 aromatic heterocycles. The number of aliphatic hydroxyl groups excluding tert-OH is 1. The third kappa shape index (κ3) is 4.93. The quantitative estimate of drug-likeness (QED) is 0.608. The van der Waals surface area contributed by atoms with Crippen LogP contribution in [-0.4, -0.2) is 75.1 Å². The monoisotopic (exact) mass is 456 g/mol. The number of Topliss-reactive ketones (excluding diaryl/α,β-unsaturated/α-hetero) is 1. The zero-order valence-corrected chi connectivity index (χ0v) is 19.5. The van der Waals surface area contributed by atoms with Gasteiger partial charge in [0.2, 0.25) is 0 Å². The van der Waals surface area contributed by atoms with Crippen LogP contribution in [0.15, 0.2) is 36.4 Å². The zero-order chi connectivity index (χ0) is 23.4. The predicted molar refractivity (Wildman–Crippen MR) is 124 cm³/mol. The first-order valence-electron chi connectivity index (χ1n) is 11.3. The van der Waals surface area contributed by atoms with E-state index >= 15 is 0 Å². The Morgan fingerprint density at radius 2 is 1.88 bits per heavy atom. The molecular weight excluding hydrogens is 424 g/mol. The van der Waals surface area contributed by atoms with Crippen LogP contribution in [0, 0.1) is 0 Å². The average Bonchev–Trinajstić information content (AvgIpc) is 2.84. The number of hydrogen-bond donors (Lipinski definition) is 1. The second-order valence-electron chi connectivity index (χ2n) is 8.28. The van der Waals surface area contributed by atoms with E-state index in [9.17, 15) is 9.90 Å². The molecule has 0 bridgehead atoms. The van der Waals surface area contributed by atoms with Gasteiger partial charge in [-0.15, -0.1) is 0 Å². The standard InChI is InChI=1S/C25H32N2O6/c1-17-24(29)18-9-10-22(31-3)25(19(18)16-33-17)32-14-6-11-26-12-13-27(15-23(26)28)20-7-4-5-8-21(20)30-2/h4-5,7-10,17,23,28H,6,11-16H2,1-3H3. The summed E-state index contributed by atoms with van der Waals surface area (Å²) >= 11 is 0. The van der Waals surface area contributed by atoms with Crippen LogP contribution < -0.4 is 19.1 Å². The van der Waals surface area contributed by atoms with Crippen LogP contribution in [0.3, 0.4) is 0 Å². The minimum atomic E-state index is -0.574. The number of β-amino-alcohol motifs (C(OH)–C–C–N with tert-alkyl or cyclic N) is 1. The van der Waals surface area contributed by atoms with Crippen molar-refractivity contribution in [3.63, 3.8) is 0 Å². The van der Waals surface area contributed by atoms with Gasteiger partial charge in [0.05, 0.1) is 39.7 Å². The van der Waals surface area contributed by atoms with Crippen molar-refractivity contribution in [3.05, 3.63) is 47.5 Å². The van der Waals surface area contributed by atoms with E-state index in [2.05, 4.69) is 9.80 Å². The molecule has 0 spiro atoms. The average molecular weight is 457 g/mol. The molecule has 0 radical (unpaired) electrons. The van der Waals surface area contributed by atoms with Crippen LogP contribution in [-0.2, 0) is 11.3 Å². The van der Waals surface area contributed by atoms with E-state index in [1.54, 1.807) is 33.3 Å². The number of ether oxygens (including phenoxy) is 4. The van der Waals surface area contributed by atoms with Crippen LogP contribution >= 0.6 is 0 Å². The minimum absolute atomic E-state index is 0.0419. The van der Waals surface area contributed by atoms with Crippen LogP contribution in [0.2, 0.25) is 0 Å². The highest BCUT2D eigenvalue weighted by Crippen LogP contribution is 2.37. The molecule has 0 aliphatic carbocycles. The molecule has 1 saturated heterocycles. The number of aliphatic hydroxyl groups is 1. The number of piperazine rings is 1. The third-order valence-electron chi connectivity index (χ3n) is 6.28. The lowest BCUT2D eigenvalue weighted by Crippen LogP contribution is -2.53. The Hall–Kier alpha value is -2.81. The van der Waals surface area contributed by atoms with Gasteiger partial charge in [-0.2, -0.15) is 0 Å². The highest BCUT2D eigenvalue weighted by atomic mass is 16.5. The van der Waals surface area contributed by atoms with E-state index in [1.165, 1.54) is 0 Å². The third-order valence-corrected chi connectivity index (χ3v) is 6.28. The Bertz CT molecular complexity index is 981. The van der Waals surface area contributed by atoms with Crippen LogP contribution in [0.25, 0.3) is 0 Å². The zero-order valence-electron chi connectivity index (χ0n) is 19.5. The number of ketones is 1. The highest BCUT2D eigenvalue weighted by molar-refractivity contribution is 6.02. The van der Waals surface area contributed by atoms with E-state index in [1.807, 2.05) is 24.3 Å². The number of anilines is 1. The molecule has 2 unspecified atom stereocenters. The maximum absolute atomic E-state index is 12.4. The van der Waals surface area contributed by atoms with Crippen molar-refractivity contribution in [2.75, 3.05) is 51.9 Å². The maximum atomic E-state index is 12.4. The summed E-state index contributed by atoms with van der Waals surface area (Å²) in [5.74, 6) is 1.92. The number of benzene rings is 2. The summed E-state index contributed by atoms with van der Waals surface area (Å²) in [5.41, 5.74) is 2.37. The molecule has 4 rings (SSSR count). The molecule has 2 aromatic rings. The van der Waals surface area contributed by atoms with Crippen LogP contribution in [0.1, 0.15) is 29.3 Å². The number of carbonyl (C=O) groups is 1. The number of carbonyl (C=O) groups excluding carboxylic acids is 1. The largest absolute Gasteiger partial charge is 0.495 e. The first-order chi connectivity index (χ1) is 16.0. The van der Waals surface area contributed by atoms with Crippen LogP contribution in [0.4, 0.5) is 5.69 Å². The Labute approximate surface area is 194 Å². The van der Waals surface area contributed by atoms with E-state index in [-0.39, 0.29) is 5.78 Å². The number of rotatable bonds is 8. The molecule has 2 aromatic carbocycles. The molecule has 1 fully saturated rings. The van der Waals surface area contributed by atoms with Gasteiger partial charge in [0.25, 0.3) is 0 Å². The summed E-state index contributed by atoms with van der Waals surface area (Å²) in [6.07, 6.45) is -0.297. The fourth-order valence-electron chi connectivity index (χ4n) is 4.42. The summed E-state index contributed by atoms with van der Waals surface area (Å²) in [5, 5.41) is 10.7. The molecule has 2 aliphatic rings. The van der Waals surface area contributed by atoms with Gasteiger partial charge in [0.15, 0.2) is 17.3 Å². The number of nitrogens with zero attached hydrogens (tertiary/aromatic N) is 2. The molecule has 2 heterocycles. The van der Waals surface area contributed by atoms with Gasteiger partial charge < -0.3 is 29.0 Å². The van der Waals surface area contributed by atoms with Gasteiger partial charge in [-0.05, 0) is 37.6 Å². The summed E-state index contributed by atoms with van der Waals surface area (Å²) in [4.78, 5) is 16.6. The van der Waals surface area contributed by atoms with Crippen molar-refractivity contribution >= 4 is 11.5 Å². The van der Waals surface area contributed by atoms with E-state index in [0.29, 0.717) is 43.4 Å². The Morgan fingerprint density at radius 3 is 2.64 bits per heavy atom. The highest BCUT2D eigenvalue weighted by Gasteiger charge is 2.29. The molecular formula is C25H32N2O6. The lowest BCUT2D eigenvalue weighted by molar-refractivity contribution is -0.00595. The number of fused-ring (bicyclic) bond motifs is 1. The first-order valence-corrected chi connectivity index (χ1v) is 11.3. The predicted octanol–water partition coefficient (Wildman–Crippen LogP) is 2.71. The fraction of sp³-hybridized carbons (Fsp3) is 0.480. The first kappa shape index (κ1) is 23.4. The van der Waals surface area contributed by atoms with Crippen molar-refractivity contribution in [1.29, 1.82) is 0 Å². The van der Waals surface area contributed by atoms with E-state index in [0.717, 1.165) is 36.5 Å². The lowest BCUT2D eigenvalue weighted by Gasteiger charge is -2.40. The Morgan fingerprint density at radius 1 is 1.09 bits per heavy atom. The molecule has 2 aliphatic heterocycles. The topological polar surface area (TPSA) is 80.7 Å². The van der Waals surface area contributed by atoms with Crippen molar-refractivity contribution in [2.45, 2.75) is 32.3 Å². The van der Waals surface area contributed by atoms with Gasteiger partial charge in [0.1, 0.15) is 18.1 Å². The van der Waals surface area contributed by atoms with E-state index < -0.39 is 12.3 Å². The Kier molecular flexibility index (Phi) is 7.37. The Balaban J connectivity index is 1.32.